The van der Waals surface area contributed by atoms with E-state index in [-0.39, 0.29) is 24.4 Å². The minimum absolute atomic E-state index is 0.0708. The molecule has 6 heteroatoms. The molecule has 0 radical (unpaired) electrons. The lowest BCUT2D eigenvalue weighted by Gasteiger charge is -2.37. The maximum Gasteiger partial charge on any atom is 0.243 e. The first-order chi connectivity index (χ1) is 12.6. The van der Waals surface area contributed by atoms with E-state index >= 15 is 0 Å². The van der Waals surface area contributed by atoms with Crippen LogP contribution in [0.2, 0.25) is 0 Å². The number of anilines is 1. The minimum atomic E-state index is -0.189. The van der Waals surface area contributed by atoms with Crippen molar-refractivity contribution < 1.29 is 14.3 Å². The summed E-state index contributed by atoms with van der Waals surface area (Å²) in [5.74, 6) is 0.566. The van der Waals surface area contributed by atoms with Gasteiger partial charge in [0.1, 0.15) is 5.75 Å². The number of ether oxygens (including phenoxy) is 1. The molecule has 1 aromatic rings. The fraction of sp³-hybridized carbons (Fsp3) is 0.600. The van der Waals surface area contributed by atoms with E-state index in [1.165, 1.54) is 0 Å². The Morgan fingerprint density at radius 3 is 2.81 bits per heavy atom. The highest BCUT2D eigenvalue weighted by Gasteiger charge is 2.31. The molecule has 1 aliphatic heterocycles. The first-order valence-electron chi connectivity index (χ1n) is 9.55. The molecule has 1 saturated heterocycles. The number of benzene rings is 1. The van der Waals surface area contributed by atoms with E-state index in [9.17, 15) is 9.59 Å². The van der Waals surface area contributed by atoms with Crippen LogP contribution in [-0.2, 0) is 9.59 Å². The van der Waals surface area contributed by atoms with Gasteiger partial charge in [-0.25, -0.2) is 0 Å². The lowest BCUT2D eigenvalue weighted by atomic mass is 10.0. The third-order valence-electron chi connectivity index (χ3n) is 4.79. The van der Waals surface area contributed by atoms with E-state index in [4.69, 9.17) is 4.74 Å². The van der Waals surface area contributed by atoms with Crippen molar-refractivity contribution in [2.75, 3.05) is 38.6 Å². The average Bonchev–Trinajstić information content (AvgIpc) is 2.66. The Labute approximate surface area is 156 Å². The first-order valence-corrected chi connectivity index (χ1v) is 9.55. The largest absolute Gasteiger partial charge is 0.497 e. The molecule has 1 unspecified atom stereocenters. The normalized spacial score (nSPS) is 17.6. The molecule has 0 saturated carbocycles. The summed E-state index contributed by atoms with van der Waals surface area (Å²) in [4.78, 5) is 29.3. The van der Waals surface area contributed by atoms with Crippen molar-refractivity contribution in [1.82, 2.24) is 9.80 Å². The fourth-order valence-electron chi connectivity index (χ4n) is 3.46. The van der Waals surface area contributed by atoms with Crippen LogP contribution in [0.15, 0.2) is 24.3 Å². The summed E-state index contributed by atoms with van der Waals surface area (Å²) in [7, 11) is 1.59. The number of nitrogens with one attached hydrogen (secondary N) is 1. The number of hydrogen-bond donors (Lipinski definition) is 1. The van der Waals surface area contributed by atoms with Gasteiger partial charge in [-0.05, 0) is 51.4 Å². The minimum Gasteiger partial charge on any atom is -0.497 e. The molecule has 0 aromatic heterocycles. The molecular weight excluding hydrogens is 330 g/mol. The molecule has 0 spiro atoms. The summed E-state index contributed by atoms with van der Waals surface area (Å²) < 4.78 is 5.17. The Morgan fingerprint density at radius 2 is 2.12 bits per heavy atom. The zero-order chi connectivity index (χ0) is 18.9. The summed E-state index contributed by atoms with van der Waals surface area (Å²) in [6.07, 6.45) is 4.13. The van der Waals surface area contributed by atoms with Crippen molar-refractivity contribution >= 4 is 17.5 Å². The number of piperidine rings is 1. The predicted octanol–water partition coefficient (Wildman–Crippen LogP) is 2.75. The van der Waals surface area contributed by atoms with Gasteiger partial charge in [-0.1, -0.05) is 19.4 Å². The van der Waals surface area contributed by atoms with Gasteiger partial charge in [0, 0.05) is 18.3 Å². The number of carbonyl (C=O) groups is 2. The van der Waals surface area contributed by atoms with Crippen LogP contribution in [0.5, 0.6) is 5.75 Å². The third kappa shape index (κ3) is 5.46. The second-order valence-electron chi connectivity index (χ2n) is 6.68. The lowest BCUT2D eigenvalue weighted by molar-refractivity contribution is -0.140. The van der Waals surface area contributed by atoms with Crippen LogP contribution in [0, 0.1) is 0 Å². The average molecular weight is 361 g/mol. The predicted molar refractivity (Wildman–Crippen MR) is 103 cm³/mol. The first kappa shape index (κ1) is 20.2. The van der Waals surface area contributed by atoms with Crippen LogP contribution in [0.25, 0.3) is 0 Å². The van der Waals surface area contributed by atoms with Crippen molar-refractivity contribution in [2.24, 2.45) is 0 Å². The van der Waals surface area contributed by atoms with Gasteiger partial charge in [0.25, 0.3) is 0 Å². The third-order valence-corrected chi connectivity index (χ3v) is 4.79. The standard InChI is InChI=1S/C20H31N3O3/c1-4-12-23-13-7-6-11-18(23)20(25)22(5-2)15-19(24)21-16-9-8-10-17(14-16)26-3/h8-10,14,18H,4-7,11-13,15H2,1-3H3,(H,21,24). The molecule has 144 valence electrons. The van der Waals surface area contributed by atoms with E-state index in [1.54, 1.807) is 18.1 Å². The zero-order valence-corrected chi connectivity index (χ0v) is 16.2. The highest BCUT2D eigenvalue weighted by molar-refractivity contribution is 5.95. The SMILES string of the molecule is CCCN1CCCCC1C(=O)N(CC)CC(=O)Nc1cccc(OC)c1. The molecular formula is C20H31N3O3. The molecule has 2 amide bonds. The van der Waals surface area contributed by atoms with Gasteiger partial charge in [-0.3, -0.25) is 14.5 Å². The Bertz CT molecular complexity index is 604. The number of methoxy groups -OCH3 is 1. The highest BCUT2D eigenvalue weighted by Crippen LogP contribution is 2.20. The molecule has 6 nitrogen and oxygen atoms in total. The molecule has 1 fully saturated rings. The van der Waals surface area contributed by atoms with Crippen LogP contribution in [0.1, 0.15) is 39.5 Å². The number of rotatable bonds is 8. The quantitative estimate of drug-likeness (QED) is 0.773. The number of likely N-dealkylation sites (N-methyl/N-ethyl adjacent to an activating group) is 1. The summed E-state index contributed by atoms with van der Waals surface area (Å²) in [6, 6.07) is 7.13. The zero-order valence-electron chi connectivity index (χ0n) is 16.2. The van der Waals surface area contributed by atoms with Crippen LogP contribution < -0.4 is 10.1 Å². The van der Waals surface area contributed by atoms with E-state index in [1.807, 2.05) is 25.1 Å². The molecule has 1 aromatic carbocycles. The monoisotopic (exact) mass is 361 g/mol. The van der Waals surface area contributed by atoms with Crippen LogP contribution >= 0.6 is 0 Å². The smallest absolute Gasteiger partial charge is 0.243 e. The number of nitrogens with zero attached hydrogens (tertiary/aromatic N) is 2. The van der Waals surface area contributed by atoms with Crippen molar-refractivity contribution in [3.8, 4) is 5.75 Å². The van der Waals surface area contributed by atoms with Gasteiger partial charge < -0.3 is 15.0 Å². The van der Waals surface area contributed by atoms with Gasteiger partial charge >= 0.3 is 0 Å². The van der Waals surface area contributed by atoms with Gasteiger partial charge in [0.15, 0.2) is 0 Å². The second kappa shape index (κ2) is 10.2. The number of amides is 2. The molecule has 2 rings (SSSR count). The Balaban J connectivity index is 1.98. The van der Waals surface area contributed by atoms with Gasteiger partial charge in [0.2, 0.25) is 11.8 Å². The number of likely N-dealkylation sites (tertiary alicyclic amines) is 1. The van der Waals surface area contributed by atoms with Crippen molar-refractivity contribution in [3.63, 3.8) is 0 Å². The van der Waals surface area contributed by atoms with Gasteiger partial charge in [0.05, 0.1) is 19.7 Å². The van der Waals surface area contributed by atoms with Crippen LogP contribution in [-0.4, -0.2) is 60.9 Å². The maximum absolute atomic E-state index is 13.0. The molecule has 26 heavy (non-hydrogen) atoms. The van der Waals surface area contributed by atoms with Crippen molar-refractivity contribution in [3.05, 3.63) is 24.3 Å². The molecule has 1 atom stereocenters. The topological polar surface area (TPSA) is 61.9 Å². The van der Waals surface area contributed by atoms with Gasteiger partial charge in [-0.2, -0.15) is 0 Å². The molecule has 1 heterocycles. The van der Waals surface area contributed by atoms with E-state index in [0.717, 1.165) is 38.8 Å². The molecule has 0 aliphatic carbocycles. The summed E-state index contributed by atoms with van der Waals surface area (Å²) >= 11 is 0. The van der Waals surface area contributed by atoms with Crippen molar-refractivity contribution in [2.45, 2.75) is 45.6 Å². The fourth-order valence-corrected chi connectivity index (χ4v) is 3.46. The Hall–Kier alpha value is -2.08. The van der Waals surface area contributed by atoms with Crippen LogP contribution in [0.4, 0.5) is 5.69 Å². The Morgan fingerprint density at radius 1 is 1.31 bits per heavy atom. The molecule has 1 N–H and O–H groups in total. The van der Waals surface area contributed by atoms with E-state index in [0.29, 0.717) is 18.0 Å². The van der Waals surface area contributed by atoms with E-state index in [2.05, 4.69) is 17.1 Å². The van der Waals surface area contributed by atoms with Crippen LogP contribution in [0.3, 0.4) is 0 Å². The summed E-state index contributed by atoms with van der Waals surface area (Å²) in [5.41, 5.74) is 0.670. The Kier molecular flexibility index (Phi) is 7.91. The highest BCUT2D eigenvalue weighted by atomic mass is 16.5. The summed E-state index contributed by atoms with van der Waals surface area (Å²) in [5, 5.41) is 2.85. The maximum atomic E-state index is 13.0. The number of carbonyl (C=O) groups excluding carboxylic acids is 2. The van der Waals surface area contributed by atoms with Crippen molar-refractivity contribution in [1.29, 1.82) is 0 Å². The second-order valence-corrected chi connectivity index (χ2v) is 6.68. The lowest BCUT2D eigenvalue weighted by Crippen LogP contribution is -2.52. The molecule has 1 aliphatic rings. The summed E-state index contributed by atoms with van der Waals surface area (Å²) in [6.45, 7) is 6.56. The number of hydrogen-bond acceptors (Lipinski definition) is 4. The molecule has 0 bridgehead atoms. The van der Waals surface area contributed by atoms with Gasteiger partial charge in [-0.15, -0.1) is 0 Å². The van der Waals surface area contributed by atoms with E-state index < -0.39 is 0 Å².